The minimum atomic E-state index is -0.0994. The van der Waals surface area contributed by atoms with Crippen LogP contribution in [0.5, 0.6) is 11.6 Å². The first kappa shape index (κ1) is 23.8. The smallest absolute Gasteiger partial charge is 0.251 e. The van der Waals surface area contributed by atoms with E-state index in [1.165, 1.54) is 11.8 Å². The summed E-state index contributed by atoms with van der Waals surface area (Å²) in [7, 11) is 3.67. The van der Waals surface area contributed by atoms with Crippen LogP contribution in [-0.2, 0) is 4.79 Å². The fourth-order valence-electron chi connectivity index (χ4n) is 5.45. The number of nitrogens with one attached hydrogen (secondary N) is 2. The Morgan fingerprint density at radius 2 is 2.05 bits per heavy atom. The third-order valence-electron chi connectivity index (χ3n) is 7.47. The maximum Gasteiger partial charge on any atom is 0.251 e. The normalized spacial score (nSPS) is 22.9. The van der Waals surface area contributed by atoms with Crippen LogP contribution in [0.25, 0.3) is 11.0 Å². The van der Waals surface area contributed by atoms with Gasteiger partial charge in [0, 0.05) is 29.6 Å². The Morgan fingerprint density at radius 3 is 2.86 bits per heavy atom. The fraction of sp³-hybridized carbons (Fsp3) is 0.407. The number of likely N-dealkylation sites (N-methyl/N-ethyl adjacent to an activating group) is 1. The van der Waals surface area contributed by atoms with Crippen LogP contribution >= 0.6 is 11.8 Å². The van der Waals surface area contributed by atoms with E-state index in [-0.39, 0.29) is 24.0 Å². The second-order valence-electron chi connectivity index (χ2n) is 9.86. The van der Waals surface area contributed by atoms with Gasteiger partial charge in [-0.3, -0.25) is 14.6 Å². The largest absolute Gasteiger partial charge is 0.484 e. The first-order valence-electron chi connectivity index (χ1n) is 12.6. The van der Waals surface area contributed by atoms with Crippen LogP contribution in [0, 0.1) is 5.92 Å². The topological polar surface area (TPSA) is 106 Å². The number of carbonyl (C=O) groups is 2. The summed E-state index contributed by atoms with van der Waals surface area (Å²) in [6.45, 7) is 0.782. The molecule has 0 saturated heterocycles. The molecular weight excluding hydrogens is 490 g/mol. The summed E-state index contributed by atoms with van der Waals surface area (Å²) in [6.07, 6.45) is 5.61. The summed E-state index contributed by atoms with van der Waals surface area (Å²) in [5.74, 6) is 1.95. The summed E-state index contributed by atoms with van der Waals surface area (Å²) >= 11 is 1.49. The molecule has 10 heteroatoms. The minimum Gasteiger partial charge on any atom is -0.484 e. The molecule has 0 radical (unpaired) electrons. The van der Waals surface area contributed by atoms with Gasteiger partial charge in [-0.2, -0.15) is 0 Å². The lowest BCUT2D eigenvalue weighted by molar-refractivity contribution is -0.113. The van der Waals surface area contributed by atoms with Gasteiger partial charge < -0.3 is 25.0 Å². The molecule has 1 atom stereocenters. The van der Waals surface area contributed by atoms with Crippen molar-refractivity contribution in [1.82, 2.24) is 15.3 Å². The molecule has 1 unspecified atom stereocenters. The highest BCUT2D eigenvalue weighted by atomic mass is 32.2. The highest BCUT2D eigenvalue weighted by molar-refractivity contribution is 8.00. The van der Waals surface area contributed by atoms with E-state index in [2.05, 4.69) is 32.5 Å². The summed E-state index contributed by atoms with van der Waals surface area (Å²) in [5.41, 5.74) is 3.71. The molecule has 3 aliphatic rings. The van der Waals surface area contributed by atoms with E-state index in [9.17, 15) is 9.59 Å². The number of hydrogen-bond donors (Lipinski definition) is 2. The van der Waals surface area contributed by atoms with Gasteiger partial charge in [0.25, 0.3) is 5.91 Å². The van der Waals surface area contributed by atoms with Gasteiger partial charge in [0.15, 0.2) is 5.75 Å². The Morgan fingerprint density at radius 1 is 1.22 bits per heavy atom. The third kappa shape index (κ3) is 4.66. The fourth-order valence-corrected chi connectivity index (χ4v) is 6.24. The molecule has 0 bridgehead atoms. The number of thioether (sulfide) groups is 1. The Hall–Kier alpha value is -3.53. The average Bonchev–Trinajstić information content (AvgIpc) is 2.92. The second-order valence-corrected chi connectivity index (χ2v) is 10.9. The van der Waals surface area contributed by atoms with Gasteiger partial charge in [-0.25, -0.2) is 4.98 Å². The van der Waals surface area contributed by atoms with E-state index < -0.39 is 0 Å². The van der Waals surface area contributed by atoms with Gasteiger partial charge >= 0.3 is 0 Å². The molecule has 1 saturated carbocycles. The number of ether oxygens (including phenoxy) is 2. The first-order chi connectivity index (χ1) is 18.0. The van der Waals surface area contributed by atoms with Gasteiger partial charge in [-0.15, -0.1) is 11.8 Å². The monoisotopic (exact) mass is 519 g/mol. The predicted octanol–water partition coefficient (Wildman–Crippen LogP) is 3.87. The predicted molar refractivity (Wildman–Crippen MR) is 143 cm³/mol. The SMILES string of the molecule is COc1ccc2ncc3c(c2n1)OC(C1CCC(NC(=O)c2ccc4c(c2)NC(=O)CS4)CC1)CN3C. The van der Waals surface area contributed by atoms with Crippen molar-refractivity contribution in [3.8, 4) is 11.6 Å². The number of anilines is 2. The molecule has 192 valence electrons. The molecule has 1 aromatic carbocycles. The summed E-state index contributed by atoms with van der Waals surface area (Å²) in [4.78, 5) is 37.0. The number of methoxy groups -OCH3 is 1. The van der Waals surface area contributed by atoms with Crippen molar-refractivity contribution < 1.29 is 19.1 Å². The van der Waals surface area contributed by atoms with E-state index >= 15 is 0 Å². The van der Waals surface area contributed by atoms with E-state index in [1.54, 1.807) is 19.2 Å². The minimum absolute atomic E-state index is 0.0363. The van der Waals surface area contributed by atoms with Crippen molar-refractivity contribution in [3.63, 3.8) is 0 Å². The standard InChI is InChI=1S/C27H29N5O4S/c1-32-13-21(36-26-20(32)12-28-18-8-10-24(35-2)31-25(18)26)15-3-6-17(7-4-15)29-27(34)16-5-9-22-19(11-16)30-23(33)14-37-22/h5,8-12,15,17,21H,3-4,6-7,13-14H2,1-2H3,(H,29,34)(H,30,33). The molecule has 2 aromatic heterocycles. The second kappa shape index (κ2) is 9.74. The molecule has 4 heterocycles. The van der Waals surface area contributed by atoms with Crippen molar-refractivity contribution in [1.29, 1.82) is 0 Å². The molecule has 1 fully saturated rings. The Labute approximate surface area is 219 Å². The van der Waals surface area contributed by atoms with Crippen molar-refractivity contribution in [2.75, 3.05) is 36.7 Å². The molecule has 9 nitrogen and oxygen atoms in total. The van der Waals surface area contributed by atoms with Gasteiger partial charge in [0.1, 0.15) is 17.3 Å². The lowest BCUT2D eigenvalue weighted by Gasteiger charge is -2.40. The molecule has 37 heavy (non-hydrogen) atoms. The molecule has 6 rings (SSSR count). The number of amides is 2. The third-order valence-corrected chi connectivity index (χ3v) is 8.55. The van der Waals surface area contributed by atoms with Crippen molar-refractivity contribution in [2.45, 2.75) is 42.7 Å². The number of rotatable bonds is 4. The van der Waals surface area contributed by atoms with Crippen LogP contribution in [0.4, 0.5) is 11.4 Å². The number of hydrogen-bond acceptors (Lipinski definition) is 8. The highest BCUT2D eigenvalue weighted by Crippen LogP contribution is 2.41. The van der Waals surface area contributed by atoms with E-state index in [0.717, 1.165) is 54.1 Å². The number of benzene rings is 1. The lowest BCUT2D eigenvalue weighted by Crippen LogP contribution is -2.46. The van der Waals surface area contributed by atoms with Gasteiger partial charge in [0.2, 0.25) is 11.8 Å². The van der Waals surface area contributed by atoms with Gasteiger partial charge in [-0.05, 0) is 55.9 Å². The van der Waals surface area contributed by atoms with Crippen LogP contribution in [0.2, 0.25) is 0 Å². The Kier molecular flexibility index (Phi) is 6.27. The van der Waals surface area contributed by atoms with Crippen molar-refractivity contribution >= 4 is 46.0 Å². The molecule has 3 aromatic rings. The molecule has 2 N–H and O–H groups in total. The zero-order chi connectivity index (χ0) is 25.5. The molecule has 2 aliphatic heterocycles. The van der Waals surface area contributed by atoms with Crippen molar-refractivity contribution in [2.24, 2.45) is 5.92 Å². The molecule has 2 amide bonds. The van der Waals surface area contributed by atoms with Crippen LogP contribution in [-0.4, -0.2) is 60.4 Å². The van der Waals surface area contributed by atoms with Crippen LogP contribution in [0.1, 0.15) is 36.0 Å². The number of pyridine rings is 2. The Bertz CT molecular complexity index is 1370. The summed E-state index contributed by atoms with van der Waals surface area (Å²) in [6, 6.07) is 9.33. The summed E-state index contributed by atoms with van der Waals surface area (Å²) < 4.78 is 11.9. The zero-order valence-corrected chi connectivity index (χ0v) is 21.6. The zero-order valence-electron chi connectivity index (χ0n) is 20.8. The highest BCUT2D eigenvalue weighted by Gasteiger charge is 2.35. The Balaban J connectivity index is 1.11. The maximum absolute atomic E-state index is 12.9. The quantitative estimate of drug-likeness (QED) is 0.535. The number of fused-ring (bicyclic) bond motifs is 4. The molecule has 1 aliphatic carbocycles. The van der Waals surface area contributed by atoms with Gasteiger partial charge in [0.05, 0.1) is 36.8 Å². The number of carbonyl (C=O) groups excluding carboxylic acids is 2. The van der Waals surface area contributed by atoms with Crippen LogP contribution in [0.15, 0.2) is 41.4 Å². The number of nitrogens with zero attached hydrogens (tertiary/aromatic N) is 3. The lowest BCUT2D eigenvalue weighted by atomic mass is 9.82. The van der Waals surface area contributed by atoms with E-state index in [0.29, 0.717) is 34.3 Å². The number of aromatic nitrogens is 2. The molecular formula is C27H29N5O4S. The first-order valence-corrected chi connectivity index (χ1v) is 13.6. The van der Waals surface area contributed by atoms with Crippen molar-refractivity contribution in [3.05, 3.63) is 42.1 Å². The average molecular weight is 520 g/mol. The van der Waals surface area contributed by atoms with Gasteiger partial charge in [-0.1, -0.05) is 0 Å². The van der Waals surface area contributed by atoms with E-state index in [1.807, 2.05) is 24.4 Å². The maximum atomic E-state index is 12.9. The summed E-state index contributed by atoms with van der Waals surface area (Å²) in [5, 5.41) is 6.05. The van der Waals surface area contributed by atoms with Crippen LogP contribution < -0.4 is 25.0 Å². The molecule has 0 spiro atoms. The van der Waals surface area contributed by atoms with Crippen LogP contribution in [0.3, 0.4) is 0 Å². The van der Waals surface area contributed by atoms with E-state index in [4.69, 9.17) is 9.47 Å².